The van der Waals surface area contributed by atoms with Gasteiger partial charge in [-0.05, 0) is 26.7 Å². The van der Waals surface area contributed by atoms with Crippen LogP contribution in [0, 0.1) is 11.3 Å². The molecule has 2 heterocycles. The molecule has 2 saturated heterocycles. The van der Waals surface area contributed by atoms with Crippen LogP contribution in [0.4, 0.5) is 0 Å². The van der Waals surface area contributed by atoms with Crippen LogP contribution in [0.3, 0.4) is 0 Å². The lowest BCUT2D eigenvalue weighted by molar-refractivity contribution is -0.0668. The van der Waals surface area contributed by atoms with Crippen LogP contribution >= 0.6 is 24.0 Å². The van der Waals surface area contributed by atoms with Gasteiger partial charge in [0.05, 0.1) is 13.2 Å². The smallest absolute Gasteiger partial charge is 0.194 e. The third-order valence-corrected chi connectivity index (χ3v) is 5.70. The highest BCUT2D eigenvalue weighted by molar-refractivity contribution is 14.0. The Bertz CT molecular complexity index is 419. The van der Waals surface area contributed by atoms with E-state index >= 15 is 0 Å². The van der Waals surface area contributed by atoms with E-state index in [2.05, 4.69) is 56.7 Å². The van der Waals surface area contributed by atoms with E-state index < -0.39 is 0 Å². The van der Waals surface area contributed by atoms with Crippen LogP contribution in [-0.2, 0) is 4.74 Å². The normalized spacial score (nSPS) is 24.8. The van der Waals surface area contributed by atoms with Crippen molar-refractivity contribution in [1.29, 1.82) is 0 Å². The van der Waals surface area contributed by atoms with Crippen LogP contribution in [0.5, 0.6) is 0 Å². The summed E-state index contributed by atoms with van der Waals surface area (Å²) in [6, 6.07) is 0. The first kappa shape index (κ1) is 22.0. The molecule has 24 heavy (non-hydrogen) atoms. The topological polar surface area (TPSA) is 40.1 Å². The van der Waals surface area contributed by atoms with Crippen molar-refractivity contribution in [2.24, 2.45) is 16.3 Å². The van der Waals surface area contributed by atoms with Crippen molar-refractivity contribution in [3.05, 3.63) is 0 Å². The minimum atomic E-state index is 0. The van der Waals surface area contributed by atoms with E-state index in [1.54, 1.807) is 0 Å². The molecule has 0 amide bonds. The Labute approximate surface area is 165 Å². The zero-order valence-corrected chi connectivity index (χ0v) is 18.7. The highest BCUT2D eigenvalue weighted by Crippen LogP contribution is 2.46. The Kier molecular flexibility index (Phi) is 8.26. The lowest BCUT2D eigenvalue weighted by Gasteiger charge is -2.62. The number of likely N-dealkylation sites (tertiary alicyclic amines) is 1. The summed E-state index contributed by atoms with van der Waals surface area (Å²) >= 11 is 0. The SMILES string of the molecule is CCNC(=NCC(C)CN1CCOCC1)N1CC(C)(C)C1(C)C.I. The second kappa shape index (κ2) is 9.03. The number of nitrogens with one attached hydrogen (secondary N) is 1. The maximum Gasteiger partial charge on any atom is 0.194 e. The molecule has 142 valence electrons. The van der Waals surface area contributed by atoms with Crippen LogP contribution < -0.4 is 5.32 Å². The largest absolute Gasteiger partial charge is 0.379 e. The molecule has 5 nitrogen and oxygen atoms in total. The summed E-state index contributed by atoms with van der Waals surface area (Å²) in [6.07, 6.45) is 0. The molecule has 2 aliphatic rings. The molecular weight excluding hydrogens is 415 g/mol. The molecule has 1 N–H and O–H groups in total. The molecule has 1 unspecified atom stereocenters. The molecule has 2 aliphatic heterocycles. The summed E-state index contributed by atoms with van der Waals surface area (Å²) in [5, 5.41) is 3.48. The van der Waals surface area contributed by atoms with Gasteiger partial charge in [0.1, 0.15) is 0 Å². The first-order chi connectivity index (χ1) is 10.8. The molecule has 0 aromatic carbocycles. The van der Waals surface area contributed by atoms with Gasteiger partial charge in [-0.1, -0.05) is 20.8 Å². The highest BCUT2D eigenvalue weighted by atomic mass is 127. The Morgan fingerprint density at radius 3 is 2.33 bits per heavy atom. The molecule has 2 fully saturated rings. The number of ether oxygens (including phenoxy) is 1. The molecule has 0 aliphatic carbocycles. The van der Waals surface area contributed by atoms with Crippen LogP contribution in [0.15, 0.2) is 4.99 Å². The van der Waals surface area contributed by atoms with E-state index in [9.17, 15) is 0 Å². The van der Waals surface area contributed by atoms with Gasteiger partial charge in [0.25, 0.3) is 0 Å². The number of halogens is 1. The van der Waals surface area contributed by atoms with Gasteiger partial charge in [-0.15, -0.1) is 24.0 Å². The lowest BCUT2D eigenvalue weighted by atomic mass is 9.65. The van der Waals surface area contributed by atoms with E-state index in [0.29, 0.717) is 11.3 Å². The van der Waals surface area contributed by atoms with Gasteiger partial charge in [0, 0.05) is 50.2 Å². The van der Waals surface area contributed by atoms with Gasteiger partial charge in [0.15, 0.2) is 5.96 Å². The number of morpholine rings is 1. The number of hydrogen-bond donors (Lipinski definition) is 1. The number of hydrogen-bond acceptors (Lipinski definition) is 3. The molecule has 1 atom stereocenters. The van der Waals surface area contributed by atoms with Crippen molar-refractivity contribution in [2.45, 2.75) is 47.1 Å². The number of nitrogens with zero attached hydrogens (tertiary/aromatic N) is 3. The number of guanidine groups is 1. The van der Waals surface area contributed by atoms with Crippen molar-refractivity contribution < 1.29 is 4.74 Å². The first-order valence-electron chi connectivity index (χ1n) is 9.14. The summed E-state index contributed by atoms with van der Waals surface area (Å²) in [5.74, 6) is 1.64. The minimum Gasteiger partial charge on any atom is -0.379 e. The molecular formula is C18H37IN4O. The van der Waals surface area contributed by atoms with Gasteiger partial charge in [-0.3, -0.25) is 9.89 Å². The highest BCUT2D eigenvalue weighted by Gasteiger charge is 2.53. The molecule has 0 bridgehead atoms. The predicted octanol–water partition coefficient (Wildman–Crippen LogP) is 2.66. The number of rotatable bonds is 5. The Hall–Kier alpha value is -0.0800. The predicted molar refractivity (Wildman–Crippen MR) is 112 cm³/mol. The van der Waals surface area contributed by atoms with Crippen molar-refractivity contribution in [1.82, 2.24) is 15.1 Å². The first-order valence-corrected chi connectivity index (χ1v) is 9.14. The van der Waals surface area contributed by atoms with Crippen LogP contribution in [0.1, 0.15) is 41.5 Å². The second-order valence-electron chi connectivity index (χ2n) is 8.24. The average Bonchev–Trinajstić information content (AvgIpc) is 2.50. The van der Waals surface area contributed by atoms with Crippen molar-refractivity contribution in [3.8, 4) is 0 Å². The lowest BCUT2D eigenvalue weighted by Crippen LogP contribution is -2.72. The average molecular weight is 452 g/mol. The minimum absolute atomic E-state index is 0. The molecule has 0 aromatic rings. The van der Waals surface area contributed by atoms with E-state index in [-0.39, 0.29) is 29.5 Å². The van der Waals surface area contributed by atoms with Crippen LogP contribution in [0.2, 0.25) is 0 Å². The molecule has 2 rings (SSSR count). The fraction of sp³-hybridized carbons (Fsp3) is 0.944. The maximum atomic E-state index is 5.42. The fourth-order valence-electron chi connectivity index (χ4n) is 3.32. The quantitative estimate of drug-likeness (QED) is 0.396. The van der Waals surface area contributed by atoms with Gasteiger partial charge >= 0.3 is 0 Å². The van der Waals surface area contributed by atoms with Crippen molar-refractivity contribution >= 4 is 29.9 Å². The van der Waals surface area contributed by atoms with E-state index in [1.165, 1.54) is 0 Å². The van der Waals surface area contributed by atoms with Gasteiger partial charge < -0.3 is 15.0 Å². The van der Waals surface area contributed by atoms with E-state index in [0.717, 1.165) is 58.4 Å². The van der Waals surface area contributed by atoms with Gasteiger partial charge in [0.2, 0.25) is 0 Å². The Morgan fingerprint density at radius 2 is 1.83 bits per heavy atom. The molecule has 0 aromatic heterocycles. The van der Waals surface area contributed by atoms with Crippen molar-refractivity contribution in [2.75, 3.05) is 52.5 Å². The Balaban J connectivity index is 0.00000288. The molecule has 0 saturated carbocycles. The molecule has 6 heteroatoms. The fourth-order valence-corrected chi connectivity index (χ4v) is 3.32. The third kappa shape index (κ3) is 4.97. The van der Waals surface area contributed by atoms with Crippen molar-refractivity contribution in [3.63, 3.8) is 0 Å². The Morgan fingerprint density at radius 1 is 1.21 bits per heavy atom. The summed E-state index contributed by atoms with van der Waals surface area (Å²) in [7, 11) is 0. The van der Waals surface area contributed by atoms with Gasteiger partial charge in [-0.25, -0.2) is 0 Å². The standard InChI is InChI=1S/C18H36N4O.HI/c1-7-19-16(22-14-17(3,4)18(22,5)6)20-12-15(2)13-21-8-10-23-11-9-21;/h15H,7-14H2,1-6H3,(H,19,20);1H. The zero-order chi connectivity index (χ0) is 17.1. The maximum absolute atomic E-state index is 5.42. The molecule has 0 spiro atoms. The summed E-state index contributed by atoms with van der Waals surface area (Å²) in [6.45, 7) is 21.6. The van der Waals surface area contributed by atoms with E-state index in [1.807, 2.05) is 0 Å². The molecule has 0 radical (unpaired) electrons. The monoisotopic (exact) mass is 452 g/mol. The summed E-state index contributed by atoms with van der Waals surface area (Å²) in [5.41, 5.74) is 0.490. The van der Waals surface area contributed by atoms with Gasteiger partial charge in [-0.2, -0.15) is 0 Å². The van der Waals surface area contributed by atoms with E-state index in [4.69, 9.17) is 9.73 Å². The summed E-state index contributed by atoms with van der Waals surface area (Å²) < 4.78 is 5.42. The summed E-state index contributed by atoms with van der Waals surface area (Å²) in [4.78, 5) is 9.86. The third-order valence-electron chi connectivity index (χ3n) is 5.70. The van der Waals surface area contributed by atoms with Crippen LogP contribution in [-0.4, -0.2) is 73.8 Å². The zero-order valence-electron chi connectivity index (χ0n) is 16.4. The second-order valence-corrected chi connectivity index (χ2v) is 8.24. The van der Waals surface area contributed by atoms with Crippen LogP contribution in [0.25, 0.3) is 0 Å². The number of aliphatic imine (C=N–C) groups is 1.